The molecule has 2 aliphatic rings. The van der Waals surface area contributed by atoms with Gasteiger partial charge in [0.1, 0.15) is 0 Å². The zero-order chi connectivity index (χ0) is 23.9. The van der Waals surface area contributed by atoms with Gasteiger partial charge in [-0.1, -0.05) is 49.4 Å². The Kier molecular flexibility index (Phi) is 5.81. The topological polar surface area (TPSA) is 84.3 Å². The van der Waals surface area contributed by atoms with Gasteiger partial charge in [-0.3, -0.25) is 4.79 Å². The minimum Gasteiger partial charge on any atom is -0.348 e. The molecule has 1 aliphatic heterocycles. The highest BCUT2D eigenvalue weighted by atomic mass is 32.2. The van der Waals surface area contributed by atoms with Gasteiger partial charge in [0.05, 0.1) is 6.33 Å². The number of benzene rings is 2. The summed E-state index contributed by atoms with van der Waals surface area (Å²) in [5.74, 6) is -0.0573. The molecule has 34 heavy (non-hydrogen) atoms. The summed E-state index contributed by atoms with van der Waals surface area (Å²) in [5.41, 5.74) is 3.92. The van der Waals surface area contributed by atoms with Crippen LogP contribution in [0.3, 0.4) is 0 Å². The number of hydrogen-bond donors (Lipinski definition) is 1. The maximum absolute atomic E-state index is 13.3. The third kappa shape index (κ3) is 3.75. The van der Waals surface area contributed by atoms with Crippen molar-refractivity contribution in [3.63, 3.8) is 0 Å². The summed E-state index contributed by atoms with van der Waals surface area (Å²) in [5, 5.41) is 3.43. The molecule has 1 atom stereocenters. The lowest BCUT2D eigenvalue weighted by molar-refractivity contribution is 0.0896. The van der Waals surface area contributed by atoms with Gasteiger partial charge in [0.2, 0.25) is 0 Å². The van der Waals surface area contributed by atoms with Crippen molar-refractivity contribution in [3.8, 4) is 0 Å². The van der Waals surface area contributed by atoms with Crippen molar-refractivity contribution >= 4 is 15.9 Å². The van der Waals surface area contributed by atoms with Gasteiger partial charge in [-0.2, -0.15) is 4.31 Å². The summed E-state index contributed by atoms with van der Waals surface area (Å²) in [6.07, 6.45) is 5.89. The van der Waals surface area contributed by atoms with Gasteiger partial charge < -0.3 is 9.88 Å². The lowest BCUT2D eigenvalue weighted by atomic mass is 9.71. The van der Waals surface area contributed by atoms with Gasteiger partial charge in [-0.25, -0.2) is 13.4 Å². The highest BCUT2D eigenvalue weighted by molar-refractivity contribution is 7.89. The first-order chi connectivity index (χ1) is 16.3. The number of fused-ring (bicyclic) bond motifs is 2. The van der Waals surface area contributed by atoms with Crippen LogP contribution in [0.4, 0.5) is 0 Å². The Morgan fingerprint density at radius 2 is 1.82 bits per heavy atom. The van der Waals surface area contributed by atoms with E-state index < -0.39 is 10.0 Å². The van der Waals surface area contributed by atoms with E-state index in [4.69, 9.17) is 0 Å². The van der Waals surface area contributed by atoms with Crippen LogP contribution < -0.4 is 5.32 Å². The number of aromatic nitrogens is 2. The molecule has 2 aromatic carbocycles. The highest BCUT2D eigenvalue weighted by Crippen LogP contribution is 2.47. The largest absolute Gasteiger partial charge is 0.348 e. The molecule has 3 aromatic rings. The van der Waals surface area contributed by atoms with Crippen LogP contribution in [0, 0.1) is 0 Å². The first-order valence-electron chi connectivity index (χ1n) is 11.8. The van der Waals surface area contributed by atoms with Crippen LogP contribution in [0.5, 0.6) is 0 Å². The number of aryl methyl sites for hydroxylation is 2. The van der Waals surface area contributed by atoms with Crippen molar-refractivity contribution in [2.24, 2.45) is 7.05 Å². The summed E-state index contributed by atoms with van der Waals surface area (Å²) in [7, 11) is -1.88. The molecule has 0 bridgehead atoms. The molecule has 2 heterocycles. The van der Waals surface area contributed by atoms with Crippen LogP contribution in [-0.4, -0.2) is 47.3 Å². The Balaban J connectivity index is 1.42. The second-order valence-electron chi connectivity index (χ2n) is 9.34. The van der Waals surface area contributed by atoms with E-state index in [1.807, 2.05) is 36.4 Å². The van der Waals surface area contributed by atoms with E-state index >= 15 is 0 Å². The van der Waals surface area contributed by atoms with E-state index in [2.05, 4.69) is 29.4 Å². The fourth-order valence-corrected chi connectivity index (χ4v) is 7.07. The lowest BCUT2D eigenvalue weighted by Gasteiger charge is -2.43. The molecule has 1 aliphatic carbocycles. The predicted molar refractivity (Wildman–Crippen MR) is 130 cm³/mol. The number of imidazole rings is 1. The summed E-state index contributed by atoms with van der Waals surface area (Å²) in [4.78, 5) is 17.4. The van der Waals surface area contributed by atoms with Gasteiger partial charge in [0, 0.05) is 43.4 Å². The number of nitrogens with zero attached hydrogens (tertiary/aromatic N) is 3. The van der Waals surface area contributed by atoms with E-state index in [-0.39, 0.29) is 22.4 Å². The van der Waals surface area contributed by atoms with Crippen LogP contribution in [0.2, 0.25) is 0 Å². The average Bonchev–Trinajstić information content (AvgIpc) is 3.42. The van der Waals surface area contributed by atoms with Gasteiger partial charge in [0.15, 0.2) is 5.03 Å². The maximum Gasteiger partial charge on any atom is 0.262 e. The quantitative estimate of drug-likeness (QED) is 0.611. The predicted octanol–water partition coefficient (Wildman–Crippen LogP) is 3.06. The molecule has 1 unspecified atom stereocenters. The Morgan fingerprint density at radius 1 is 1.12 bits per heavy atom. The number of piperidine rings is 1. The smallest absolute Gasteiger partial charge is 0.262 e. The first-order valence-corrected chi connectivity index (χ1v) is 13.2. The minimum absolute atomic E-state index is 0.0573. The zero-order valence-electron chi connectivity index (χ0n) is 19.6. The van der Waals surface area contributed by atoms with Crippen LogP contribution in [0.1, 0.15) is 46.8 Å². The molecule has 8 heteroatoms. The minimum atomic E-state index is -3.64. The third-order valence-corrected chi connectivity index (χ3v) is 9.28. The van der Waals surface area contributed by atoms with Crippen LogP contribution in [-0.2, 0) is 35.3 Å². The second kappa shape index (κ2) is 8.67. The number of carbonyl (C=O) groups excluding carboxylic acids is 1. The van der Waals surface area contributed by atoms with Crippen molar-refractivity contribution in [2.75, 3.05) is 13.1 Å². The lowest BCUT2D eigenvalue weighted by Crippen LogP contribution is -2.54. The van der Waals surface area contributed by atoms with Crippen molar-refractivity contribution < 1.29 is 13.2 Å². The number of sulfonamides is 1. The molecular formula is C26H30N4O3S. The average molecular weight is 479 g/mol. The molecule has 0 radical (unpaired) electrons. The number of hydrogen-bond acceptors (Lipinski definition) is 4. The van der Waals surface area contributed by atoms with Gasteiger partial charge in [-0.15, -0.1) is 0 Å². The number of amides is 1. The maximum atomic E-state index is 13.3. The Morgan fingerprint density at radius 3 is 2.53 bits per heavy atom. The van der Waals surface area contributed by atoms with Crippen LogP contribution in [0.25, 0.3) is 0 Å². The summed E-state index contributed by atoms with van der Waals surface area (Å²) >= 11 is 0. The summed E-state index contributed by atoms with van der Waals surface area (Å²) < 4.78 is 29.5. The molecule has 178 valence electrons. The monoisotopic (exact) mass is 478 g/mol. The molecule has 1 N–H and O–H groups in total. The molecule has 5 rings (SSSR count). The van der Waals surface area contributed by atoms with E-state index in [1.54, 1.807) is 17.8 Å². The zero-order valence-corrected chi connectivity index (χ0v) is 20.4. The van der Waals surface area contributed by atoms with E-state index in [9.17, 15) is 13.2 Å². The van der Waals surface area contributed by atoms with E-state index in [0.717, 1.165) is 18.4 Å². The molecule has 1 fully saturated rings. The second-order valence-corrected chi connectivity index (χ2v) is 11.2. The van der Waals surface area contributed by atoms with Gasteiger partial charge >= 0.3 is 0 Å². The molecule has 1 spiro atoms. The van der Waals surface area contributed by atoms with Crippen LogP contribution in [0.15, 0.2) is 66.1 Å². The molecule has 1 aromatic heterocycles. The number of rotatable bonds is 5. The number of carbonyl (C=O) groups is 1. The number of nitrogens with one attached hydrogen (secondary N) is 1. The molecular weight excluding hydrogens is 448 g/mol. The normalized spacial score (nSPS) is 19.8. The van der Waals surface area contributed by atoms with Crippen molar-refractivity contribution in [1.82, 2.24) is 19.2 Å². The van der Waals surface area contributed by atoms with Crippen molar-refractivity contribution in [1.29, 1.82) is 0 Å². The van der Waals surface area contributed by atoms with Crippen LogP contribution >= 0.6 is 0 Å². The van der Waals surface area contributed by atoms with Gasteiger partial charge in [-0.05, 0) is 48.4 Å². The summed E-state index contributed by atoms with van der Waals surface area (Å²) in [6, 6.07) is 16.0. The SMILES string of the molecule is CCc1ccccc1C(=O)NC1Cc2ccccc2C12CCN(S(=O)(=O)c1cn(C)cn1)CC2. The molecule has 1 saturated heterocycles. The van der Waals surface area contributed by atoms with Crippen molar-refractivity contribution in [3.05, 3.63) is 83.3 Å². The fraction of sp³-hybridized carbons (Fsp3) is 0.385. The fourth-order valence-electron chi connectivity index (χ4n) is 5.66. The first kappa shape index (κ1) is 22.8. The van der Waals surface area contributed by atoms with E-state index in [0.29, 0.717) is 31.5 Å². The standard InChI is InChI=1S/C26H30N4O3S/c1-3-19-8-4-6-10-21(19)25(31)28-23-16-20-9-5-7-11-22(20)26(23)12-14-30(15-13-26)34(32,33)24-17-29(2)18-27-24/h4-11,17-18,23H,3,12-16H2,1-2H3,(H,28,31). The Bertz CT molecular complexity index is 1320. The highest BCUT2D eigenvalue weighted by Gasteiger charge is 2.50. The molecule has 7 nitrogen and oxygen atoms in total. The van der Waals surface area contributed by atoms with Crippen molar-refractivity contribution in [2.45, 2.75) is 49.1 Å². The Labute approximate surface area is 200 Å². The van der Waals surface area contributed by atoms with E-state index in [1.165, 1.54) is 21.8 Å². The molecule has 0 saturated carbocycles. The Hall–Kier alpha value is -2.97. The summed E-state index contributed by atoms with van der Waals surface area (Å²) in [6.45, 7) is 2.84. The third-order valence-electron chi connectivity index (χ3n) is 7.49. The molecule has 1 amide bonds. The van der Waals surface area contributed by atoms with Gasteiger partial charge in [0.25, 0.3) is 15.9 Å².